The summed E-state index contributed by atoms with van der Waals surface area (Å²) in [5.74, 6) is -0.820. The average Bonchev–Trinajstić information content (AvgIpc) is 2.29. The van der Waals surface area contributed by atoms with Crippen LogP contribution >= 0.6 is 0 Å². The van der Waals surface area contributed by atoms with Crippen LogP contribution in [0.3, 0.4) is 0 Å². The van der Waals surface area contributed by atoms with E-state index in [1.165, 1.54) is 6.92 Å². The van der Waals surface area contributed by atoms with Gasteiger partial charge >= 0.3 is 12.1 Å². The van der Waals surface area contributed by atoms with Crippen molar-refractivity contribution in [2.45, 2.75) is 25.9 Å². The molecule has 1 aromatic heterocycles. The number of nitrogens with two attached hydrogens (primary N) is 1. The third-order valence-electron chi connectivity index (χ3n) is 2.36. The Morgan fingerprint density at radius 1 is 1.45 bits per heavy atom. The van der Waals surface area contributed by atoms with Crippen LogP contribution in [0.2, 0.25) is 0 Å². The molecule has 0 bridgehead atoms. The van der Waals surface area contributed by atoms with Crippen LogP contribution in [0.4, 0.5) is 27.6 Å². The van der Waals surface area contributed by atoms with E-state index in [0.717, 1.165) is 6.20 Å². The van der Waals surface area contributed by atoms with E-state index in [-0.39, 0.29) is 12.2 Å². The lowest BCUT2D eigenvalue weighted by atomic mass is 10.0. The quantitative estimate of drug-likeness (QED) is 0.685. The molecule has 0 fully saturated rings. The molecule has 0 aliphatic rings. The minimum absolute atomic E-state index is 0.0351. The van der Waals surface area contributed by atoms with Crippen LogP contribution in [0.15, 0.2) is 6.20 Å². The van der Waals surface area contributed by atoms with Gasteiger partial charge in [-0.3, -0.25) is 9.78 Å². The molecule has 2 N–H and O–H groups in total. The number of nitrogens with zero attached hydrogens (tertiary/aromatic N) is 1. The summed E-state index contributed by atoms with van der Waals surface area (Å²) in [6.07, 6.45) is -8.36. The molecule has 112 valence electrons. The second kappa shape index (κ2) is 6.02. The van der Waals surface area contributed by atoms with Crippen LogP contribution in [-0.4, -0.2) is 17.6 Å². The number of alkyl halides is 5. The van der Waals surface area contributed by atoms with E-state index < -0.39 is 41.9 Å². The van der Waals surface area contributed by atoms with Gasteiger partial charge in [-0.15, -0.1) is 0 Å². The number of hydrogen-bond donors (Lipinski definition) is 1. The van der Waals surface area contributed by atoms with Crippen LogP contribution in [0.25, 0.3) is 0 Å². The first-order valence-electron chi connectivity index (χ1n) is 5.46. The second-order valence-corrected chi connectivity index (χ2v) is 3.74. The minimum atomic E-state index is -5.09. The SMILES string of the molecule is CCOC(=O)Cc1cnc(C(F)F)c(C(F)(F)F)c1N. The summed E-state index contributed by atoms with van der Waals surface area (Å²) >= 11 is 0. The van der Waals surface area contributed by atoms with Gasteiger partial charge in [0, 0.05) is 11.8 Å². The fourth-order valence-electron chi connectivity index (χ4n) is 1.55. The Labute approximate surface area is 110 Å². The first-order chi connectivity index (χ1) is 9.18. The smallest absolute Gasteiger partial charge is 0.420 e. The number of anilines is 1. The molecule has 4 nitrogen and oxygen atoms in total. The van der Waals surface area contributed by atoms with Crippen molar-refractivity contribution in [1.29, 1.82) is 0 Å². The molecule has 20 heavy (non-hydrogen) atoms. The van der Waals surface area contributed by atoms with Gasteiger partial charge in [0.2, 0.25) is 0 Å². The highest BCUT2D eigenvalue weighted by molar-refractivity contribution is 5.75. The van der Waals surface area contributed by atoms with Gasteiger partial charge < -0.3 is 10.5 Å². The highest BCUT2D eigenvalue weighted by atomic mass is 19.4. The van der Waals surface area contributed by atoms with E-state index in [2.05, 4.69) is 9.72 Å². The van der Waals surface area contributed by atoms with Gasteiger partial charge in [0.15, 0.2) is 0 Å². The molecule has 0 atom stereocenters. The summed E-state index contributed by atoms with van der Waals surface area (Å²) in [5, 5.41) is 0. The third-order valence-corrected chi connectivity index (χ3v) is 2.36. The number of halogens is 5. The summed E-state index contributed by atoms with van der Waals surface area (Å²) in [5.41, 5.74) is 0.842. The van der Waals surface area contributed by atoms with Crippen molar-refractivity contribution < 1.29 is 31.5 Å². The zero-order valence-corrected chi connectivity index (χ0v) is 10.3. The van der Waals surface area contributed by atoms with E-state index in [1.807, 2.05) is 0 Å². The van der Waals surface area contributed by atoms with Crippen molar-refractivity contribution in [3.05, 3.63) is 23.0 Å². The molecule has 9 heteroatoms. The maximum Gasteiger partial charge on any atom is 0.420 e. The van der Waals surface area contributed by atoms with Gasteiger partial charge in [0.1, 0.15) is 11.3 Å². The Kier molecular flexibility index (Phi) is 4.85. The number of carbonyl (C=O) groups excluding carboxylic acids is 1. The molecule has 1 rings (SSSR count). The Morgan fingerprint density at radius 3 is 2.50 bits per heavy atom. The predicted octanol–water partition coefficient (Wildman–Crippen LogP) is 2.73. The van der Waals surface area contributed by atoms with Crippen LogP contribution < -0.4 is 5.73 Å². The van der Waals surface area contributed by atoms with Crippen molar-refractivity contribution in [3.8, 4) is 0 Å². The maximum atomic E-state index is 12.8. The van der Waals surface area contributed by atoms with Crippen LogP contribution in [0.5, 0.6) is 0 Å². The molecule has 1 aromatic rings. The molecule has 0 saturated heterocycles. The van der Waals surface area contributed by atoms with E-state index in [4.69, 9.17) is 5.73 Å². The predicted molar refractivity (Wildman–Crippen MR) is 58.9 cm³/mol. The first-order valence-corrected chi connectivity index (χ1v) is 5.46. The summed E-state index contributed by atoms with van der Waals surface area (Å²) in [7, 11) is 0. The van der Waals surface area contributed by atoms with Crippen molar-refractivity contribution in [1.82, 2.24) is 4.98 Å². The molecular weight excluding hydrogens is 287 g/mol. The molecule has 0 unspecified atom stereocenters. The van der Waals surface area contributed by atoms with Crippen LogP contribution in [0, 0.1) is 0 Å². The standard InChI is InChI=1S/C11H11F5N2O2/c1-2-20-6(19)3-5-4-18-9(10(12)13)7(8(5)17)11(14,15)16/h4,10H,2-3H2,1H3,(H2,17,18). The van der Waals surface area contributed by atoms with Gasteiger partial charge in [-0.25, -0.2) is 8.78 Å². The molecule has 0 aromatic carbocycles. The third kappa shape index (κ3) is 3.55. The van der Waals surface area contributed by atoms with Crippen LogP contribution in [-0.2, 0) is 22.1 Å². The van der Waals surface area contributed by atoms with Gasteiger partial charge in [0.05, 0.1) is 18.7 Å². The van der Waals surface area contributed by atoms with E-state index in [9.17, 15) is 26.7 Å². The van der Waals surface area contributed by atoms with Gasteiger partial charge in [-0.2, -0.15) is 13.2 Å². The Bertz CT molecular complexity index is 502. The van der Waals surface area contributed by atoms with E-state index in [1.54, 1.807) is 0 Å². The Hall–Kier alpha value is -1.93. The summed E-state index contributed by atoms with van der Waals surface area (Å²) in [4.78, 5) is 14.3. The fourth-order valence-corrected chi connectivity index (χ4v) is 1.55. The van der Waals surface area contributed by atoms with Gasteiger partial charge in [-0.05, 0) is 6.92 Å². The van der Waals surface area contributed by atoms with Crippen molar-refractivity contribution in [2.75, 3.05) is 12.3 Å². The number of rotatable bonds is 4. The highest BCUT2D eigenvalue weighted by Gasteiger charge is 2.40. The average molecular weight is 298 g/mol. The number of hydrogen-bond acceptors (Lipinski definition) is 4. The minimum Gasteiger partial charge on any atom is -0.466 e. The second-order valence-electron chi connectivity index (χ2n) is 3.74. The summed E-state index contributed by atoms with van der Waals surface area (Å²) in [6.45, 7) is 1.55. The maximum absolute atomic E-state index is 12.8. The first kappa shape index (κ1) is 16.1. The molecule has 0 spiro atoms. The van der Waals surface area contributed by atoms with E-state index in [0.29, 0.717) is 0 Å². The molecule has 1 heterocycles. The Balaban J connectivity index is 3.28. The number of pyridine rings is 1. The zero-order valence-electron chi connectivity index (χ0n) is 10.3. The lowest BCUT2D eigenvalue weighted by Crippen LogP contribution is -2.18. The molecule has 0 saturated carbocycles. The Morgan fingerprint density at radius 2 is 2.05 bits per heavy atom. The van der Waals surface area contributed by atoms with Crippen molar-refractivity contribution >= 4 is 11.7 Å². The molecule has 0 amide bonds. The largest absolute Gasteiger partial charge is 0.466 e. The topological polar surface area (TPSA) is 65.2 Å². The summed E-state index contributed by atoms with van der Waals surface area (Å²) in [6, 6.07) is 0. The highest BCUT2D eigenvalue weighted by Crippen LogP contribution is 2.40. The van der Waals surface area contributed by atoms with Crippen molar-refractivity contribution in [2.24, 2.45) is 0 Å². The lowest BCUT2D eigenvalue weighted by molar-refractivity contribution is -0.143. The normalized spacial score (nSPS) is 11.8. The number of nitrogen functional groups attached to an aromatic ring is 1. The number of carbonyl (C=O) groups is 1. The molecule has 0 aliphatic carbocycles. The number of ether oxygens (including phenoxy) is 1. The monoisotopic (exact) mass is 298 g/mol. The lowest BCUT2D eigenvalue weighted by Gasteiger charge is -2.16. The fraction of sp³-hybridized carbons (Fsp3) is 0.455. The van der Waals surface area contributed by atoms with E-state index >= 15 is 0 Å². The molecular formula is C11H11F5N2O2. The molecule has 0 radical (unpaired) electrons. The number of aromatic nitrogens is 1. The number of esters is 1. The van der Waals surface area contributed by atoms with Crippen LogP contribution in [0.1, 0.15) is 30.2 Å². The summed E-state index contributed by atoms with van der Waals surface area (Å²) < 4.78 is 67.9. The zero-order chi connectivity index (χ0) is 15.5. The van der Waals surface area contributed by atoms with Gasteiger partial charge in [0.25, 0.3) is 6.43 Å². The van der Waals surface area contributed by atoms with Crippen molar-refractivity contribution in [3.63, 3.8) is 0 Å². The molecule has 0 aliphatic heterocycles. The van der Waals surface area contributed by atoms with Gasteiger partial charge in [-0.1, -0.05) is 0 Å².